The SMILES string of the molecule is CN=C(N)Nn1c(C)ccc1C. The van der Waals surface area contributed by atoms with Crippen LogP contribution in [0.1, 0.15) is 11.4 Å². The quantitative estimate of drug-likeness (QED) is 0.474. The molecule has 12 heavy (non-hydrogen) atoms. The van der Waals surface area contributed by atoms with E-state index in [9.17, 15) is 0 Å². The van der Waals surface area contributed by atoms with Crippen molar-refractivity contribution < 1.29 is 0 Å². The highest BCUT2D eigenvalue weighted by molar-refractivity contribution is 5.85. The molecular formula is C8H14N4. The minimum Gasteiger partial charge on any atom is -0.369 e. The molecule has 0 aliphatic rings. The third-order valence-electron chi connectivity index (χ3n) is 1.74. The van der Waals surface area contributed by atoms with Gasteiger partial charge in [0.05, 0.1) is 0 Å². The Kier molecular flexibility index (Phi) is 2.38. The Morgan fingerprint density at radius 2 is 1.92 bits per heavy atom. The van der Waals surface area contributed by atoms with Crippen molar-refractivity contribution in [2.24, 2.45) is 10.7 Å². The fraction of sp³-hybridized carbons (Fsp3) is 0.375. The number of aliphatic imine (C=N–C) groups is 1. The molecule has 0 fully saturated rings. The highest BCUT2D eigenvalue weighted by Gasteiger charge is 1.99. The lowest BCUT2D eigenvalue weighted by Gasteiger charge is -2.10. The summed E-state index contributed by atoms with van der Waals surface area (Å²) >= 11 is 0. The van der Waals surface area contributed by atoms with Gasteiger partial charge in [-0.05, 0) is 26.0 Å². The number of nitrogens with one attached hydrogen (secondary N) is 1. The molecule has 0 saturated carbocycles. The summed E-state index contributed by atoms with van der Waals surface area (Å²) in [5, 5.41) is 0. The predicted octanol–water partition coefficient (Wildman–Crippen LogP) is 0.593. The molecule has 66 valence electrons. The van der Waals surface area contributed by atoms with Crippen molar-refractivity contribution in [2.75, 3.05) is 12.5 Å². The number of hydrogen-bond donors (Lipinski definition) is 2. The number of hydrogen-bond acceptors (Lipinski definition) is 1. The molecule has 3 N–H and O–H groups in total. The van der Waals surface area contributed by atoms with Crippen LogP contribution in [0.5, 0.6) is 0 Å². The van der Waals surface area contributed by atoms with Gasteiger partial charge in [-0.15, -0.1) is 0 Å². The first-order valence-corrected chi connectivity index (χ1v) is 3.79. The zero-order valence-corrected chi connectivity index (χ0v) is 7.63. The first kappa shape index (κ1) is 8.64. The van der Waals surface area contributed by atoms with E-state index in [2.05, 4.69) is 10.4 Å². The van der Waals surface area contributed by atoms with E-state index in [1.165, 1.54) is 0 Å². The molecule has 0 aromatic carbocycles. The lowest BCUT2D eigenvalue weighted by Crippen LogP contribution is -2.31. The summed E-state index contributed by atoms with van der Waals surface area (Å²) in [6.45, 7) is 4.01. The van der Waals surface area contributed by atoms with Crippen molar-refractivity contribution in [1.82, 2.24) is 4.68 Å². The van der Waals surface area contributed by atoms with Gasteiger partial charge in [-0.3, -0.25) is 15.1 Å². The second-order valence-electron chi connectivity index (χ2n) is 2.67. The Balaban J connectivity index is 2.88. The van der Waals surface area contributed by atoms with Gasteiger partial charge in [0.2, 0.25) is 5.96 Å². The topological polar surface area (TPSA) is 55.3 Å². The molecular weight excluding hydrogens is 152 g/mol. The van der Waals surface area contributed by atoms with Gasteiger partial charge in [0, 0.05) is 18.4 Å². The summed E-state index contributed by atoms with van der Waals surface area (Å²) in [5.74, 6) is 0.414. The average molecular weight is 166 g/mol. The number of nitrogens with two attached hydrogens (primary N) is 1. The maximum atomic E-state index is 5.52. The zero-order valence-electron chi connectivity index (χ0n) is 7.63. The second-order valence-corrected chi connectivity index (χ2v) is 2.67. The predicted molar refractivity (Wildman–Crippen MR) is 50.8 cm³/mol. The first-order chi connectivity index (χ1) is 5.65. The van der Waals surface area contributed by atoms with Crippen LogP contribution >= 0.6 is 0 Å². The van der Waals surface area contributed by atoms with Crippen LogP contribution in [-0.4, -0.2) is 17.7 Å². The van der Waals surface area contributed by atoms with Crippen LogP contribution in [-0.2, 0) is 0 Å². The monoisotopic (exact) mass is 166 g/mol. The van der Waals surface area contributed by atoms with Crippen LogP contribution in [0.2, 0.25) is 0 Å². The van der Waals surface area contributed by atoms with E-state index in [4.69, 9.17) is 5.73 Å². The molecule has 1 aromatic heterocycles. The van der Waals surface area contributed by atoms with Crippen LogP contribution in [0.4, 0.5) is 0 Å². The van der Waals surface area contributed by atoms with Crippen molar-refractivity contribution >= 4 is 5.96 Å². The summed E-state index contributed by atoms with van der Waals surface area (Å²) in [6, 6.07) is 4.04. The lowest BCUT2D eigenvalue weighted by atomic mass is 10.5. The van der Waals surface area contributed by atoms with Crippen LogP contribution in [0.25, 0.3) is 0 Å². The molecule has 0 spiro atoms. The molecule has 1 rings (SSSR count). The fourth-order valence-electron chi connectivity index (χ4n) is 1.01. The Morgan fingerprint density at radius 1 is 1.42 bits per heavy atom. The van der Waals surface area contributed by atoms with Crippen molar-refractivity contribution in [3.63, 3.8) is 0 Å². The van der Waals surface area contributed by atoms with Crippen molar-refractivity contribution in [1.29, 1.82) is 0 Å². The third-order valence-corrected chi connectivity index (χ3v) is 1.74. The van der Waals surface area contributed by atoms with Crippen LogP contribution in [0, 0.1) is 13.8 Å². The number of rotatable bonds is 1. The first-order valence-electron chi connectivity index (χ1n) is 3.79. The summed E-state index contributed by atoms with van der Waals surface area (Å²) in [5.41, 5.74) is 10.7. The summed E-state index contributed by atoms with van der Waals surface area (Å²) in [7, 11) is 1.65. The van der Waals surface area contributed by atoms with Crippen molar-refractivity contribution in [3.05, 3.63) is 23.5 Å². The highest BCUT2D eigenvalue weighted by Crippen LogP contribution is 2.03. The normalized spacial score (nSPS) is 11.8. The van der Waals surface area contributed by atoms with Gasteiger partial charge in [-0.1, -0.05) is 0 Å². The van der Waals surface area contributed by atoms with Gasteiger partial charge >= 0.3 is 0 Å². The van der Waals surface area contributed by atoms with E-state index < -0.39 is 0 Å². The Hall–Kier alpha value is -1.45. The van der Waals surface area contributed by atoms with Crippen LogP contribution < -0.4 is 11.2 Å². The van der Waals surface area contributed by atoms with E-state index in [0.717, 1.165) is 11.4 Å². The molecule has 0 bridgehead atoms. The van der Waals surface area contributed by atoms with E-state index in [1.807, 2.05) is 30.7 Å². The van der Waals surface area contributed by atoms with Crippen LogP contribution in [0.15, 0.2) is 17.1 Å². The molecule has 0 saturated heterocycles. The number of nitrogens with zero attached hydrogens (tertiary/aromatic N) is 2. The van der Waals surface area contributed by atoms with Gasteiger partial charge in [0.15, 0.2) is 0 Å². The Bertz CT molecular complexity index is 279. The number of aromatic nitrogens is 1. The molecule has 4 nitrogen and oxygen atoms in total. The molecule has 4 heteroatoms. The number of aryl methyl sites for hydroxylation is 2. The minimum absolute atomic E-state index is 0.414. The molecule has 0 unspecified atom stereocenters. The molecule has 0 radical (unpaired) electrons. The second kappa shape index (κ2) is 3.30. The Labute approximate surface area is 72.1 Å². The van der Waals surface area contributed by atoms with E-state index in [-0.39, 0.29) is 0 Å². The third kappa shape index (κ3) is 1.58. The summed E-state index contributed by atoms with van der Waals surface area (Å²) in [6.07, 6.45) is 0. The highest BCUT2D eigenvalue weighted by atomic mass is 15.5. The van der Waals surface area contributed by atoms with E-state index >= 15 is 0 Å². The molecule has 1 heterocycles. The maximum Gasteiger partial charge on any atom is 0.207 e. The van der Waals surface area contributed by atoms with E-state index in [0.29, 0.717) is 5.96 Å². The Morgan fingerprint density at radius 3 is 2.33 bits per heavy atom. The number of guanidine groups is 1. The van der Waals surface area contributed by atoms with Gasteiger partial charge < -0.3 is 5.73 Å². The maximum absolute atomic E-state index is 5.52. The van der Waals surface area contributed by atoms with Gasteiger partial charge in [-0.2, -0.15) is 0 Å². The molecule has 0 aliphatic heterocycles. The smallest absolute Gasteiger partial charge is 0.207 e. The minimum atomic E-state index is 0.414. The molecule has 0 amide bonds. The lowest BCUT2D eigenvalue weighted by molar-refractivity contribution is 0.889. The molecule has 0 aliphatic carbocycles. The fourth-order valence-corrected chi connectivity index (χ4v) is 1.01. The van der Waals surface area contributed by atoms with Crippen molar-refractivity contribution in [2.45, 2.75) is 13.8 Å². The van der Waals surface area contributed by atoms with Gasteiger partial charge in [0.1, 0.15) is 0 Å². The molecule has 0 atom stereocenters. The standard InChI is InChI=1S/C8H14N4/c1-6-4-5-7(2)12(6)11-8(9)10-3/h4-5H,1-3H3,(H3,9,10,11). The van der Waals surface area contributed by atoms with Gasteiger partial charge in [0.25, 0.3) is 0 Å². The molecule has 1 aromatic rings. The zero-order chi connectivity index (χ0) is 9.14. The summed E-state index contributed by atoms with van der Waals surface area (Å²) < 4.78 is 1.89. The average Bonchev–Trinajstić information content (AvgIpc) is 2.35. The van der Waals surface area contributed by atoms with Crippen LogP contribution in [0.3, 0.4) is 0 Å². The summed E-state index contributed by atoms with van der Waals surface area (Å²) in [4.78, 5) is 3.81. The van der Waals surface area contributed by atoms with E-state index in [1.54, 1.807) is 7.05 Å². The van der Waals surface area contributed by atoms with Gasteiger partial charge in [-0.25, -0.2) is 0 Å². The van der Waals surface area contributed by atoms with Crippen molar-refractivity contribution in [3.8, 4) is 0 Å². The largest absolute Gasteiger partial charge is 0.369 e.